The highest BCUT2D eigenvalue weighted by atomic mass is 16.5. The zero-order chi connectivity index (χ0) is 32.4. The Hall–Kier alpha value is -6.66. The van der Waals surface area contributed by atoms with Gasteiger partial charge in [-0.05, 0) is 84.9 Å². The van der Waals surface area contributed by atoms with Gasteiger partial charge < -0.3 is 28.4 Å². The third-order valence-electron chi connectivity index (χ3n) is 6.96. The Bertz CT molecular complexity index is 1940. The van der Waals surface area contributed by atoms with E-state index in [1.807, 2.05) is 182 Å². The Morgan fingerprint density at radius 3 is 0.729 bits per heavy atom. The predicted molar refractivity (Wildman–Crippen MR) is 186 cm³/mol. The molecule has 0 spiro atoms. The lowest BCUT2D eigenvalue weighted by Crippen LogP contribution is -1.92. The van der Waals surface area contributed by atoms with Crippen molar-refractivity contribution in [1.29, 1.82) is 0 Å². The van der Waals surface area contributed by atoms with Gasteiger partial charge in [-0.1, -0.05) is 72.8 Å². The summed E-state index contributed by atoms with van der Waals surface area (Å²) in [5, 5.41) is 0. The number of para-hydroxylation sites is 4. The van der Waals surface area contributed by atoms with Gasteiger partial charge in [-0.2, -0.15) is 0 Å². The minimum Gasteiger partial charge on any atom is -0.457 e. The van der Waals surface area contributed by atoms with Gasteiger partial charge in [-0.3, -0.25) is 0 Å². The summed E-state index contributed by atoms with van der Waals surface area (Å²) in [5.74, 6) is 7.66. The first-order valence-corrected chi connectivity index (χ1v) is 15.4. The highest BCUT2D eigenvalue weighted by Gasteiger charge is 2.10. The van der Waals surface area contributed by atoms with E-state index in [0.717, 1.165) is 11.5 Å². The second-order valence-corrected chi connectivity index (χ2v) is 10.6. The molecule has 0 N–H and O–H groups in total. The average Bonchev–Trinajstić information content (AvgIpc) is 3.11. The Balaban J connectivity index is 1.01. The predicted octanol–water partition coefficient (Wildman–Crippen LogP) is 12.4. The van der Waals surface area contributed by atoms with Crippen LogP contribution in [0.3, 0.4) is 0 Å². The quantitative estimate of drug-likeness (QED) is 0.134. The Kier molecular flexibility index (Phi) is 9.15. The van der Waals surface area contributed by atoms with Crippen LogP contribution in [0.2, 0.25) is 0 Å². The van der Waals surface area contributed by atoms with Gasteiger partial charge in [0.15, 0.2) is 11.5 Å². The maximum Gasteiger partial charge on any atom is 0.169 e. The molecular formula is C42H30O6. The van der Waals surface area contributed by atoms with Crippen LogP contribution in [-0.4, -0.2) is 0 Å². The second-order valence-electron chi connectivity index (χ2n) is 10.6. The third kappa shape index (κ3) is 8.13. The summed E-state index contributed by atoms with van der Waals surface area (Å²) in [6.45, 7) is 0. The van der Waals surface area contributed by atoms with Crippen molar-refractivity contribution in [1.82, 2.24) is 0 Å². The molecule has 48 heavy (non-hydrogen) atoms. The zero-order valence-electron chi connectivity index (χ0n) is 25.8. The van der Waals surface area contributed by atoms with Crippen LogP contribution in [0.25, 0.3) is 0 Å². The lowest BCUT2D eigenvalue weighted by molar-refractivity contribution is 0.412. The number of rotatable bonds is 12. The molecule has 6 nitrogen and oxygen atoms in total. The maximum absolute atomic E-state index is 6.28. The molecule has 234 valence electrons. The number of benzene rings is 7. The molecule has 7 aromatic carbocycles. The fraction of sp³-hybridized carbons (Fsp3) is 0. The maximum atomic E-state index is 6.28. The molecule has 6 heteroatoms. The van der Waals surface area contributed by atoms with Gasteiger partial charge in [-0.25, -0.2) is 0 Å². The van der Waals surface area contributed by atoms with Crippen molar-refractivity contribution in [3.63, 3.8) is 0 Å². The molecule has 7 rings (SSSR count). The van der Waals surface area contributed by atoms with E-state index in [-0.39, 0.29) is 0 Å². The highest BCUT2D eigenvalue weighted by Crippen LogP contribution is 2.38. The first-order chi connectivity index (χ1) is 23.7. The molecule has 0 amide bonds. The topological polar surface area (TPSA) is 55.4 Å². The average molecular weight is 631 g/mol. The van der Waals surface area contributed by atoms with Crippen LogP contribution in [0.5, 0.6) is 69.0 Å². The molecule has 0 unspecified atom stereocenters. The molecule has 0 atom stereocenters. The first-order valence-electron chi connectivity index (χ1n) is 15.4. The number of ether oxygens (including phenoxy) is 6. The highest BCUT2D eigenvalue weighted by molar-refractivity contribution is 5.48. The van der Waals surface area contributed by atoms with Gasteiger partial charge in [-0.15, -0.1) is 0 Å². The van der Waals surface area contributed by atoms with Crippen LogP contribution < -0.4 is 28.4 Å². The normalized spacial score (nSPS) is 10.5. The zero-order valence-corrected chi connectivity index (χ0v) is 25.8. The number of hydrogen-bond donors (Lipinski definition) is 0. The summed E-state index contributed by atoms with van der Waals surface area (Å²) in [5.41, 5.74) is 0. The van der Waals surface area contributed by atoms with Crippen molar-refractivity contribution in [2.45, 2.75) is 0 Å². The van der Waals surface area contributed by atoms with Gasteiger partial charge in [0.05, 0.1) is 0 Å². The van der Waals surface area contributed by atoms with E-state index in [9.17, 15) is 0 Å². The minimum absolute atomic E-state index is 0.546. The van der Waals surface area contributed by atoms with Crippen molar-refractivity contribution < 1.29 is 28.4 Å². The summed E-state index contributed by atoms with van der Waals surface area (Å²) >= 11 is 0. The molecule has 0 bridgehead atoms. The van der Waals surface area contributed by atoms with Crippen molar-refractivity contribution >= 4 is 0 Å². The van der Waals surface area contributed by atoms with E-state index in [0.29, 0.717) is 57.5 Å². The molecule has 0 aromatic heterocycles. The molecule has 0 aliphatic rings. The molecule has 0 saturated heterocycles. The summed E-state index contributed by atoms with van der Waals surface area (Å²) < 4.78 is 36.7. The van der Waals surface area contributed by atoms with E-state index in [2.05, 4.69) is 0 Å². The number of hydrogen-bond acceptors (Lipinski definition) is 6. The summed E-state index contributed by atoms with van der Waals surface area (Å²) in [4.78, 5) is 0. The largest absolute Gasteiger partial charge is 0.457 e. The Morgan fingerprint density at radius 1 is 0.188 bits per heavy atom. The molecular weight excluding hydrogens is 600 g/mol. The monoisotopic (exact) mass is 630 g/mol. The third-order valence-corrected chi connectivity index (χ3v) is 6.96. The smallest absolute Gasteiger partial charge is 0.169 e. The second kappa shape index (κ2) is 14.6. The Morgan fingerprint density at radius 2 is 0.417 bits per heavy atom. The van der Waals surface area contributed by atoms with Gasteiger partial charge in [0.1, 0.15) is 57.5 Å². The van der Waals surface area contributed by atoms with E-state index >= 15 is 0 Å². The molecule has 0 radical (unpaired) electrons. The van der Waals surface area contributed by atoms with Crippen LogP contribution >= 0.6 is 0 Å². The van der Waals surface area contributed by atoms with Gasteiger partial charge in [0.2, 0.25) is 0 Å². The first kappa shape index (κ1) is 30.0. The SMILES string of the molecule is c1ccc(Oc2cccc(Oc3cccc(Oc4ccccc4Oc4cccc(Oc5cccc(Oc6ccccc6)c5)c4)c3)c2)cc1. The lowest BCUT2D eigenvalue weighted by atomic mass is 10.2. The molecule has 0 saturated carbocycles. The summed E-state index contributed by atoms with van der Waals surface area (Å²) in [6.07, 6.45) is 0. The van der Waals surface area contributed by atoms with Crippen molar-refractivity contribution in [2.75, 3.05) is 0 Å². The standard InChI is InChI=1S/C42H30O6/c1-3-13-31(14-4-1)43-33-17-9-19-35(27-33)45-37-21-11-23-39(29-37)47-41-25-7-8-26-42(41)48-40-24-12-22-38(30-40)46-36-20-10-18-34(28-36)44-32-15-5-2-6-16-32/h1-30H. The molecule has 0 aliphatic carbocycles. The van der Waals surface area contributed by atoms with Crippen LogP contribution in [-0.2, 0) is 0 Å². The van der Waals surface area contributed by atoms with Crippen molar-refractivity contribution in [3.05, 3.63) is 182 Å². The van der Waals surface area contributed by atoms with Gasteiger partial charge >= 0.3 is 0 Å². The van der Waals surface area contributed by atoms with Gasteiger partial charge in [0.25, 0.3) is 0 Å². The molecule has 0 heterocycles. The molecule has 0 fully saturated rings. The molecule has 7 aromatic rings. The summed E-state index contributed by atoms with van der Waals surface area (Å²) in [6, 6.07) is 56.6. The van der Waals surface area contributed by atoms with E-state index in [4.69, 9.17) is 28.4 Å². The summed E-state index contributed by atoms with van der Waals surface area (Å²) in [7, 11) is 0. The van der Waals surface area contributed by atoms with E-state index < -0.39 is 0 Å². The van der Waals surface area contributed by atoms with Crippen LogP contribution in [0.15, 0.2) is 182 Å². The minimum atomic E-state index is 0.546. The fourth-order valence-corrected chi connectivity index (χ4v) is 4.80. The van der Waals surface area contributed by atoms with Crippen molar-refractivity contribution in [3.8, 4) is 69.0 Å². The lowest BCUT2D eigenvalue weighted by Gasteiger charge is -2.14. The van der Waals surface area contributed by atoms with Crippen LogP contribution in [0, 0.1) is 0 Å². The van der Waals surface area contributed by atoms with Crippen LogP contribution in [0.1, 0.15) is 0 Å². The fourth-order valence-electron chi connectivity index (χ4n) is 4.80. The van der Waals surface area contributed by atoms with E-state index in [1.165, 1.54) is 0 Å². The van der Waals surface area contributed by atoms with Gasteiger partial charge in [0, 0.05) is 24.3 Å². The van der Waals surface area contributed by atoms with Crippen molar-refractivity contribution in [2.24, 2.45) is 0 Å². The van der Waals surface area contributed by atoms with E-state index in [1.54, 1.807) is 0 Å². The Labute approximate surface area is 278 Å². The molecule has 0 aliphatic heterocycles. The van der Waals surface area contributed by atoms with Crippen LogP contribution in [0.4, 0.5) is 0 Å².